The molecule has 3 atom stereocenters. The third-order valence-corrected chi connectivity index (χ3v) is 3.31. The second-order valence-corrected chi connectivity index (χ2v) is 4.78. The average Bonchev–Trinajstić information content (AvgIpc) is 2.96. The molecule has 1 aliphatic carbocycles. The van der Waals surface area contributed by atoms with Crippen LogP contribution in [0.5, 0.6) is 0 Å². The summed E-state index contributed by atoms with van der Waals surface area (Å²) in [5.74, 6) is -0.114. The summed E-state index contributed by atoms with van der Waals surface area (Å²) in [6.07, 6.45) is 0.914. The second-order valence-electron chi connectivity index (χ2n) is 4.34. The van der Waals surface area contributed by atoms with Crippen LogP contribution in [0.1, 0.15) is 24.8 Å². The zero-order chi connectivity index (χ0) is 11.7. The molecule has 0 spiro atoms. The molecular formula is C13H12ClNO. The van der Waals surface area contributed by atoms with E-state index >= 15 is 0 Å². The molecule has 1 saturated carbocycles. The number of Topliss-reactive ketones (excluding diaryl/α,β-unsaturated/α-hetero) is 1. The first-order valence-electron chi connectivity index (χ1n) is 5.32. The van der Waals surface area contributed by atoms with Crippen LogP contribution in [-0.2, 0) is 4.79 Å². The fourth-order valence-electron chi connectivity index (χ4n) is 1.92. The number of carbonyl (C=O) groups is 1. The van der Waals surface area contributed by atoms with Crippen LogP contribution in [0.2, 0.25) is 5.02 Å². The van der Waals surface area contributed by atoms with Crippen LogP contribution in [0.4, 0.5) is 0 Å². The molecule has 0 N–H and O–H groups in total. The van der Waals surface area contributed by atoms with Gasteiger partial charge in [0.25, 0.3) is 0 Å². The number of carbonyl (C=O) groups excluding carboxylic acids is 1. The Morgan fingerprint density at radius 3 is 2.81 bits per heavy atom. The SMILES string of the molecule is CC1CC1C(=O)C(C#N)c1cccc(Cl)c1. The third-order valence-electron chi connectivity index (χ3n) is 3.07. The monoisotopic (exact) mass is 233 g/mol. The number of ketones is 1. The van der Waals surface area contributed by atoms with Gasteiger partial charge in [0.05, 0.1) is 6.07 Å². The Morgan fingerprint density at radius 2 is 2.31 bits per heavy atom. The van der Waals surface area contributed by atoms with Crippen molar-refractivity contribution >= 4 is 17.4 Å². The van der Waals surface area contributed by atoms with E-state index in [0.717, 1.165) is 6.42 Å². The zero-order valence-corrected chi connectivity index (χ0v) is 9.74. The lowest BCUT2D eigenvalue weighted by Gasteiger charge is -2.08. The van der Waals surface area contributed by atoms with E-state index in [-0.39, 0.29) is 11.7 Å². The minimum atomic E-state index is -0.659. The number of nitrogens with zero attached hydrogens (tertiary/aromatic N) is 1. The van der Waals surface area contributed by atoms with E-state index in [0.29, 0.717) is 16.5 Å². The van der Waals surface area contributed by atoms with Gasteiger partial charge in [-0.15, -0.1) is 0 Å². The Hall–Kier alpha value is -1.33. The van der Waals surface area contributed by atoms with Gasteiger partial charge in [0, 0.05) is 10.9 Å². The molecule has 3 heteroatoms. The van der Waals surface area contributed by atoms with E-state index in [9.17, 15) is 4.79 Å². The first-order chi connectivity index (χ1) is 7.63. The highest BCUT2D eigenvalue weighted by Gasteiger charge is 2.42. The minimum Gasteiger partial charge on any atom is -0.298 e. The van der Waals surface area contributed by atoms with Gasteiger partial charge in [-0.05, 0) is 30.0 Å². The highest BCUT2D eigenvalue weighted by molar-refractivity contribution is 6.30. The van der Waals surface area contributed by atoms with Crippen molar-refractivity contribution in [1.29, 1.82) is 5.26 Å². The van der Waals surface area contributed by atoms with Crippen LogP contribution >= 0.6 is 11.6 Å². The van der Waals surface area contributed by atoms with Crippen molar-refractivity contribution < 1.29 is 4.79 Å². The second kappa shape index (κ2) is 4.27. The maximum atomic E-state index is 12.0. The molecule has 16 heavy (non-hydrogen) atoms. The maximum absolute atomic E-state index is 12.0. The van der Waals surface area contributed by atoms with Crippen molar-refractivity contribution in [3.05, 3.63) is 34.9 Å². The fraction of sp³-hybridized carbons (Fsp3) is 0.385. The molecule has 1 aromatic rings. The molecule has 2 nitrogen and oxygen atoms in total. The Kier molecular flexibility index (Phi) is 2.98. The summed E-state index contributed by atoms with van der Waals surface area (Å²) < 4.78 is 0. The van der Waals surface area contributed by atoms with Gasteiger partial charge in [-0.1, -0.05) is 30.7 Å². The van der Waals surface area contributed by atoms with E-state index in [2.05, 4.69) is 6.07 Å². The number of nitriles is 1. The van der Waals surface area contributed by atoms with Gasteiger partial charge in [0.15, 0.2) is 5.78 Å². The number of hydrogen-bond acceptors (Lipinski definition) is 2. The van der Waals surface area contributed by atoms with Gasteiger partial charge in [-0.25, -0.2) is 0 Å². The molecule has 0 aliphatic heterocycles. The Morgan fingerprint density at radius 1 is 1.62 bits per heavy atom. The number of rotatable bonds is 3. The van der Waals surface area contributed by atoms with E-state index < -0.39 is 5.92 Å². The standard InChI is InChI=1S/C13H12ClNO/c1-8-5-11(8)13(16)12(7-15)9-3-2-4-10(14)6-9/h2-4,6,8,11-12H,5H2,1H3. The van der Waals surface area contributed by atoms with E-state index in [4.69, 9.17) is 16.9 Å². The minimum absolute atomic E-state index is 0.0391. The topological polar surface area (TPSA) is 40.9 Å². The number of hydrogen-bond donors (Lipinski definition) is 0. The maximum Gasteiger partial charge on any atom is 0.157 e. The first-order valence-corrected chi connectivity index (χ1v) is 5.70. The summed E-state index contributed by atoms with van der Waals surface area (Å²) in [5.41, 5.74) is 0.708. The predicted molar refractivity (Wildman–Crippen MR) is 62.1 cm³/mol. The number of benzene rings is 1. The van der Waals surface area contributed by atoms with Crippen molar-refractivity contribution in [3.63, 3.8) is 0 Å². The molecule has 1 fully saturated rings. The van der Waals surface area contributed by atoms with Crippen molar-refractivity contribution in [3.8, 4) is 6.07 Å². The number of halogens is 1. The molecule has 1 aromatic carbocycles. The van der Waals surface area contributed by atoms with Crippen LogP contribution in [0.25, 0.3) is 0 Å². The summed E-state index contributed by atoms with van der Waals surface area (Å²) in [4.78, 5) is 12.0. The van der Waals surface area contributed by atoms with Crippen LogP contribution in [0.15, 0.2) is 24.3 Å². The first kappa shape index (κ1) is 11.2. The highest BCUT2D eigenvalue weighted by Crippen LogP contribution is 2.42. The van der Waals surface area contributed by atoms with Crippen molar-refractivity contribution in [2.75, 3.05) is 0 Å². The van der Waals surface area contributed by atoms with Gasteiger partial charge in [-0.3, -0.25) is 4.79 Å². The highest BCUT2D eigenvalue weighted by atomic mass is 35.5. The van der Waals surface area contributed by atoms with Crippen LogP contribution < -0.4 is 0 Å². The quantitative estimate of drug-likeness (QED) is 0.805. The van der Waals surface area contributed by atoms with Gasteiger partial charge >= 0.3 is 0 Å². The zero-order valence-electron chi connectivity index (χ0n) is 8.98. The Labute approximate surface area is 99.8 Å². The molecule has 1 aliphatic rings. The molecule has 2 rings (SSSR count). The molecular weight excluding hydrogens is 222 g/mol. The molecule has 0 aromatic heterocycles. The third kappa shape index (κ3) is 2.10. The average molecular weight is 234 g/mol. The Balaban J connectivity index is 2.23. The fourth-order valence-corrected chi connectivity index (χ4v) is 2.12. The summed E-state index contributed by atoms with van der Waals surface area (Å²) in [7, 11) is 0. The molecule has 82 valence electrons. The summed E-state index contributed by atoms with van der Waals surface area (Å²) >= 11 is 5.85. The molecule has 0 bridgehead atoms. The van der Waals surface area contributed by atoms with E-state index in [1.807, 2.05) is 6.92 Å². The van der Waals surface area contributed by atoms with E-state index in [1.165, 1.54) is 0 Å². The molecule has 3 unspecified atom stereocenters. The molecule has 0 radical (unpaired) electrons. The predicted octanol–water partition coefficient (Wildman–Crippen LogP) is 3.17. The van der Waals surface area contributed by atoms with E-state index in [1.54, 1.807) is 24.3 Å². The van der Waals surface area contributed by atoms with Crippen molar-refractivity contribution in [1.82, 2.24) is 0 Å². The summed E-state index contributed by atoms with van der Waals surface area (Å²) in [6, 6.07) is 9.07. The largest absolute Gasteiger partial charge is 0.298 e. The van der Waals surface area contributed by atoms with Crippen molar-refractivity contribution in [2.45, 2.75) is 19.3 Å². The van der Waals surface area contributed by atoms with Gasteiger partial charge in [-0.2, -0.15) is 5.26 Å². The van der Waals surface area contributed by atoms with Gasteiger partial charge in [0.1, 0.15) is 5.92 Å². The molecule has 0 saturated heterocycles. The Bertz CT molecular complexity index is 463. The van der Waals surface area contributed by atoms with Crippen molar-refractivity contribution in [2.24, 2.45) is 11.8 Å². The van der Waals surface area contributed by atoms with Crippen LogP contribution in [-0.4, -0.2) is 5.78 Å². The lowest BCUT2D eigenvalue weighted by molar-refractivity contribution is -0.120. The van der Waals surface area contributed by atoms with Gasteiger partial charge in [0.2, 0.25) is 0 Å². The lowest BCUT2D eigenvalue weighted by Crippen LogP contribution is -2.13. The normalized spacial score (nSPS) is 24.6. The van der Waals surface area contributed by atoms with Crippen LogP contribution in [0.3, 0.4) is 0 Å². The summed E-state index contributed by atoms with van der Waals surface area (Å²) in [6.45, 7) is 2.04. The van der Waals surface area contributed by atoms with Crippen LogP contribution in [0, 0.1) is 23.2 Å². The van der Waals surface area contributed by atoms with Gasteiger partial charge < -0.3 is 0 Å². The lowest BCUT2D eigenvalue weighted by atomic mass is 9.93. The molecule has 0 amide bonds. The smallest absolute Gasteiger partial charge is 0.157 e. The molecule has 0 heterocycles. The summed E-state index contributed by atoms with van der Waals surface area (Å²) in [5, 5.41) is 9.65.